The average Bonchev–Trinajstić information content (AvgIpc) is 2.58. The molecule has 2 aromatic carbocycles. The van der Waals surface area contributed by atoms with Crippen LogP contribution in [0.1, 0.15) is 11.1 Å². The Morgan fingerprint density at radius 1 is 0.917 bits per heavy atom. The number of phenolic OH excluding ortho intramolecular Hbond substituents is 4. The van der Waals surface area contributed by atoms with Gasteiger partial charge in [-0.3, -0.25) is 0 Å². The minimum Gasteiger partial charge on any atom is -0.508 e. The van der Waals surface area contributed by atoms with Crippen LogP contribution in [-0.2, 0) is 0 Å². The van der Waals surface area contributed by atoms with Gasteiger partial charge in [0.05, 0.1) is 18.3 Å². The number of hydrogen-bond acceptors (Lipinski definition) is 7. The molecule has 0 aliphatic carbocycles. The summed E-state index contributed by atoms with van der Waals surface area (Å²) in [6.07, 6.45) is 0. The zero-order valence-corrected chi connectivity index (χ0v) is 12.5. The highest BCUT2D eigenvalue weighted by atomic mass is 16.5. The number of methoxy groups -OCH3 is 1. The van der Waals surface area contributed by atoms with Crippen LogP contribution in [0.2, 0.25) is 0 Å². The standard InChI is InChI=1S/C17H12N2O5/c1-24-17-11(6-14(21)15(22)16(17)23)13(8-19)12(7-18)9-2-4-10(20)5-3-9/h2-6,20-23H,1H3/b13-12-. The largest absolute Gasteiger partial charge is 0.508 e. The Balaban J connectivity index is 2.82. The van der Waals surface area contributed by atoms with E-state index < -0.39 is 17.2 Å². The van der Waals surface area contributed by atoms with Crippen molar-refractivity contribution < 1.29 is 25.2 Å². The topological polar surface area (TPSA) is 138 Å². The van der Waals surface area contributed by atoms with Crippen LogP contribution < -0.4 is 4.74 Å². The summed E-state index contributed by atoms with van der Waals surface area (Å²) in [6.45, 7) is 0. The van der Waals surface area contributed by atoms with Crippen LogP contribution in [0.5, 0.6) is 28.7 Å². The van der Waals surface area contributed by atoms with Crippen LogP contribution in [0.25, 0.3) is 11.1 Å². The Labute approximate surface area is 137 Å². The van der Waals surface area contributed by atoms with Gasteiger partial charge in [-0.2, -0.15) is 10.5 Å². The number of allylic oxidation sites excluding steroid dienone is 2. The first-order valence-corrected chi connectivity index (χ1v) is 6.60. The van der Waals surface area contributed by atoms with Crippen LogP contribution in [0.3, 0.4) is 0 Å². The summed E-state index contributed by atoms with van der Waals surface area (Å²) in [6, 6.07) is 10.3. The fourth-order valence-electron chi connectivity index (χ4n) is 2.16. The van der Waals surface area contributed by atoms with Gasteiger partial charge in [0.2, 0.25) is 11.5 Å². The van der Waals surface area contributed by atoms with Gasteiger partial charge < -0.3 is 25.2 Å². The van der Waals surface area contributed by atoms with Crippen LogP contribution in [0.4, 0.5) is 0 Å². The second-order valence-electron chi connectivity index (χ2n) is 4.69. The number of nitriles is 2. The number of aromatic hydroxyl groups is 4. The van der Waals surface area contributed by atoms with Crippen molar-refractivity contribution in [2.24, 2.45) is 0 Å². The Kier molecular flexibility index (Phi) is 4.48. The van der Waals surface area contributed by atoms with Gasteiger partial charge in [0.25, 0.3) is 0 Å². The molecule has 0 saturated carbocycles. The van der Waals surface area contributed by atoms with Crippen molar-refractivity contribution in [3.05, 3.63) is 41.5 Å². The molecule has 0 unspecified atom stereocenters. The SMILES string of the molecule is COc1c(/C(C#N)=C(/C#N)c2ccc(O)cc2)cc(O)c(O)c1O. The maximum Gasteiger partial charge on any atom is 0.205 e. The number of benzene rings is 2. The van der Waals surface area contributed by atoms with E-state index in [1.165, 1.54) is 31.4 Å². The van der Waals surface area contributed by atoms with Gasteiger partial charge in [-0.15, -0.1) is 0 Å². The van der Waals surface area contributed by atoms with E-state index >= 15 is 0 Å². The van der Waals surface area contributed by atoms with Gasteiger partial charge in [-0.1, -0.05) is 0 Å². The van der Waals surface area contributed by atoms with Crippen molar-refractivity contribution in [3.8, 4) is 40.9 Å². The van der Waals surface area contributed by atoms with E-state index in [4.69, 9.17) is 4.74 Å². The van der Waals surface area contributed by atoms with E-state index in [1.807, 2.05) is 12.1 Å². The number of nitrogens with zero attached hydrogens (tertiary/aromatic N) is 2. The van der Waals surface area contributed by atoms with Gasteiger partial charge in [0.1, 0.15) is 17.9 Å². The summed E-state index contributed by atoms with van der Waals surface area (Å²) in [7, 11) is 1.20. The molecular weight excluding hydrogens is 312 g/mol. The number of hydrogen-bond donors (Lipinski definition) is 4. The van der Waals surface area contributed by atoms with E-state index in [-0.39, 0.29) is 28.2 Å². The third-order valence-corrected chi connectivity index (χ3v) is 3.31. The number of ether oxygens (including phenoxy) is 1. The van der Waals surface area contributed by atoms with E-state index in [0.29, 0.717) is 5.56 Å². The maximum atomic E-state index is 9.88. The highest BCUT2D eigenvalue weighted by Gasteiger charge is 2.23. The van der Waals surface area contributed by atoms with E-state index in [1.54, 1.807) is 0 Å². The van der Waals surface area contributed by atoms with Crippen LogP contribution in [0, 0.1) is 22.7 Å². The molecule has 24 heavy (non-hydrogen) atoms. The molecule has 120 valence electrons. The molecule has 0 amide bonds. The quantitative estimate of drug-likeness (QED) is 0.386. The van der Waals surface area contributed by atoms with Crippen LogP contribution in [-0.4, -0.2) is 27.5 Å². The molecular formula is C17H12N2O5. The first-order valence-electron chi connectivity index (χ1n) is 6.60. The molecule has 0 aliphatic rings. The minimum atomic E-state index is -0.795. The van der Waals surface area contributed by atoms with Gasteiger partial charge >= 0.3 is 0 Å². The molecule has 7 heteroatoms. The predicted octanol–water partition coefficient (Wildman–Crippen LogP) is 2.48. The second-order valence-corrected chi connectivity index (χ2v) is 4.69. The summed E-state index contributed by atoms with van der Waals surface area (Å²) in [4.78, 5) is 0. The van der Waals surface area contributed by atoms with E-state index in [9.17, 15) is 30.9 Å². The predicted molar refractivity (Wildman–Crippen MR) is 84.1 cm³/mol. The molecule has 0 radical (unpaired) electrons. The van der Waals surface area contributed by atoms with Crippen LogP contribution >= 0.6 is 0 Å². The normalized spacial score (nSPS) is 11.1. The maximum absolute atomic E-state index is 9.88. The summed E-state index contributed by atoms with van der Waals surface area (Å²) in [5.74, 6) is -2.47. The molecule has 2 aromatic rings. The zero-order valence-electron chi connectivity index (χ0n) is 12.5. The third-order valence-electron chi connectivity index (χ3n) is 3.31. The summed E-state index contributed by atoms with van der Waals surface area (Å²) in [5.41, 5.74) is 0.0595. The molecule has 0 heterocycles. The third kappa shape index (κ3) is 2.74. The first kappa shape index (κ1) is 16.5. The fraction of sp³-hybridized carbons (Fsp3) is 0.0588. The van der Waals surface area contributed by atoms with Gasteiger partial charge in [0.15, 0.2) is 11.5 Å². The van der Waals surface area contributed by atoms with E-state index in [2.05, 4.69) is 0 Å². The average molecular weight is 324 g/mol. The number of phenols is 4. The summed E-state index contributed by atoms with van der Waals surface area (Å²) >= 11 is 0. The smallest absolute Gasteiger partial charge is 0.205 e. The molecule has 4 N–H and O–H groups in total. The Hall–Kier alpha value is -3.84. The lowest BCUT2D eigenvalue weighted by Crippen LogP contribution is -1.95. The van der Waals surface area contributed by atoms with E-state index in [0.717, 1.165) is 6.07 Å². The van der Waals surface area contributed by atoms with Crippen LogP contribution in [0.15, 0.2) is 30.3 Å². The Morgan fingerprint density at radius 3 is 2.00 bits per heavy atom. The minimum absolute atomic E-state index is 0.00736. The van der Waals surface area contributed by atoms with Crippen molar-refractivity contribution in [1.29, 1.82) is 10.5 Å². The zero-order chi connectivity index (χ0) is 17.9. The van der Waals surface area contributed by atoms with Crippen molar-refractivity contribution >= 4 is 11.1 Å². The van der Waals surface area contributed by atoms with Crippen molar-refractivity contribution in [2.45, 2.75) is 0 Å². The Bertz CT molecular complexity index is 903. The summed E-state index contributed by atoms with van der Waals surface area (Å²) in [5, 5.41) is 57.4. The van der Waals surface area contributed by atoms with Gasteiger partial charge in [-0.25, -0.2) is 0 Å². The second kappa shape index (κ2) is 6.51. The molecule has 0 aliphatic heterocycles. The Morgan fingerprint density at radius 2 is 1.50 bits per heavy atom. The van der Waals surface area contributed by atoms with Crippen molar-refractivity contribution in [2.75, 3.05) is 7.11 Å². The molecule has 0 saturated heterocycles. The molecule has 0 spiro atoms. The van der Waals surface area contributed by atoms with Crippen molar-refractivity contribution in [3.63, 3.8) is 0 Å². The molecule has 0 aromatic heterocycles. The fourth-order valence-corrected chi connectivity index (χ4v) is 2.16. The molecule has 0 atom stereocenters. The lowest BCUT2D eigenvalue weighted by molar-refractivity contribution is 0.335. The first-order chi connectivity index (χ1) is 11.4. The molecule has 0 fully saturated rings. The summed E-state index contributed by atoms with van der Waals surface area (Å²) < 4.78 is 4.99. The molecule has 2 rings (SSSR count). The van der Waals surface area contributed by atoms with Gasteiger partial charge in [0, 0.05) is 5.56 Å². The monoisotopic (exact) mass is 324 g/mol. The lowest BCUT2D eigenvalue weighted by Gasteiger charge is -2.13. The molecule has 7 nitrogen and oxygen atoms in total. The highest BCUT2D eigenvalue weighted by molar-refractivity contribution is 6.04. The number of rotatable bonds is 3. The highest BCUT2D eigenvalue weighted by Crippen LogP contribution is 2.47. The molecule has 0 bridgehead atoms. The van der Waals surface area contributed by atoms with Gasteiger partial charge in [-0.05, 0) is 35.9 Å². The lowest BCUT2D eigenvalue weighted by atomic mass is 9.95. The van der Waals surface area contributed by atoms with Crippen molar-refractivity contribution in [1.82, 2.24) is 0 Å².